The van der Waals surface area contributed by atoms with Gasteiger partial charge in [-0.25, -0.2) is 8.42 Å². The molecule has 2 amide bonds. The van der Waals surface area contributed by atoms with E-state index in [4.69, 9.17) is 0 Å². The van der Waals surface area contributed by atoms with Crippen molar-refractivity contribution in [1.82, 2.24) is 10.2 Å². The molecule has 0 unspecified atom stereocenters. The van der Waals surface area contributed by atoms with Gasteiger partial charge in [-0.1, -0.05) is 0 Å². The lowest BCUT2D eigenvalue weighted by atomic mass is 9.77. The lowest BCUT2D eigenvalue weighted by Crippen LogP contribution is -2.44. The molecule has 0 aliphatic carbocycles. The number of sulfone groups is 1. The molecule has 0 aromatic rings. The van der Waals surface area contributed by atoms with Crippen LogP contribution in [-0.2, 0) is 19.4 Å². The van der Waals surface area contributed by atoms with Gasteiger partial charge in [0, 0.05) is 38.7 Å². The molecule has 0 bridgehead atoms. The fourth-order valence-electron chi connectivity index (χ4n) is 2.77. The Morgan fingerprint density at radius 3 is 2.47 bits per heavy atom. The number of hydrogen-bond acceptors (Lipinski definition) is 4. The van der Waals surface area contributed by atoms with E-state index in [9.17, 15) is 18.0 Å². The summed E-state index contributed by atoms with van der Waals surface area (Å²) in [5.74, 6) is -0.0949. The summed E-state index contributed by atoms with van der Waals surface area (Å²) in [6.07, 6.45) is 3.38. The van der Waals surface area contributed by atoms with Crippen molar-refractivity contribution in [3.05, 3.63) is 0 Å². The Balaban J connectivity index is 1.83. The van der Waals surface area contributed by atoms with Crippen molar-refractivity contribution in [2.24, 2.45) is 5.41 Å². The third-order valence-corrected chi connectivity index (χ3v) is 5.01. The van der Waals surface area contributed by atoms with E-state index >= 15 is 0 Å². The lowest BCUT2D eigenvalue weighted by Gasteiger charge is -2.38. The van der Waals surface area contributed by atoms with Gasteiger partial charge in [-0.05, 0) is 18.3 Å². The average Bonchev–Trinajstić information content (AvgIpc) is 2.68. The van der Waals surface area contributed by atoms with Gasteiger partial charge in [-0.3, -0.25) is 9.59 Å². The van der Waals surface area contributed by atoms with Gasteiger partial charge in [-0.2, -0.15) is 0 Å². The largest absolute Gasteiger partial charge is 0.356 e. The molecule has 1 N–H and O–H groups in total. The number of carbonyl (C=O) groups is 2. The van der Waals surface area contributed by atoms with Crippen LogP contribution in [0.25, 0.3) is 0 Å². The Labute approximate surface area is 113 Å². The topological polar surface area (TPSA) is 83.6 Å². The van der Waals surface area contributed by atoms with Gasteiger partial charge in [0.2, 0.25) is 11.8 Å². The normalized spacial score (nSPS) is 22.6. The Morgan fingerprint density at radius 1 is 1.37 bits per heavy atom. The van der Waals surface area contributed by atoms with Crippen LogP contribution < -0.4 is 5.32 Å². The van der Waals surface area contributed by atoms with Gasteiger partial charge >= 0.3 is 0 Å². The predicted molar refractivity (Wildman–Crippen MR) is 70.2 cm³/mol. The summed E-state index contributed by atoms with van der Waals surface area (Å²) in [5.41, 5.74) is 0.0185. The first-order valence-electron chi connectivity index (χ1n) is 6.52. The zero-order valence-electron chi connectivity index (χ0n) is 11.1. The standard InChI is InChI=1S/C12H20N2O4S/c1-19(17,18)7-2-11(16)14-5-3-12(4-6-14)8-10(15)13-9-12/h2-9H2,1H3,(H,13,15). The number of hydrogen-bond donors (Lipinski definition) is 1. The first kappa shape index (κ1) is 14.3. The molecule has 2 rings (SSSR count). The molecule has 0 saturated carbocycles. The van der Waals surface area contributed by atoms with E-state index in [1.807, 2.05) is 0 Å². The van der Waals surface area contributed by atoms with E-state index in [0.717, 1.165) is 19.1 Å². The minimum Gasteiger partial charge on any atom is -0.356 e. The highest BCUT2D eigenvalue weighted by Crippen LogP contribution is 2.37. The van der Waals surface area contributed by atoms with Crippen LogP contribution in [0.1, 0.15) is 25.7 Å². The van der Waals surface area contributed by atoms with E-state index in [-0.39, 0.29) is 29.4 Å². The van der Waals surface area contributed by atoms with E-state index in [1.165, 1.54) is 0 Å². The van der Waals surface area contributed by atoms with Crippen LogP contribution >= 0.6 is 0 Å². The average molecular weight is 288 g/mol. The van der Waals surface area contributed by atoms with Crippen LogP contribution in [0, 0.1) is 5.41 Å². The van der Waals surface area contributed by atoms with Crippen LogP contribution in [0.2, 0.25) is 0 Å². The first-order chi connectivity index (χ1) is 8.80. The maximum Gasteiger partial charge on any atom is 0.223 e. The van der Waals surface area contributed by atoms with E-state index in [2.05, 4.69) is 5.32 Å². The van der Waals surface area contributed by atoms with Crippen molar-refractivity contribution in [2.45, 2.75) is 25.7 Å². The maximum absolute atomic E-state index is 11.9. The Morgan fingerprint density at radius 2 is 2.00 bits per heavy atom. The maximum atomic E-state index is 11.9. The molecule has 2 heterocycles. The third-order valence-electron chi connectivity index (χ3n) is 4.06. The fraction of sp³-hybridized carbons (Fsp3) is 0.833. The molecule has 108 valence electrons. The van der Waals surface area contributed by atoms with E-state index < -0.39 is 9.84 Å². The molecule has 0 aromatic heterocycles. The molecule has 0 aromatic carbocycles. The summed E-state index contributed by atoms with van der Waals surface area (Å²) in [4.78, 5) is 24.9. The number of rotatable bonds is 3. The van der Waals surface area contributed by atoms with Crippen molar-refractivity contribution in [3.63, 3.8) is 0 Å². The molecule has 0 radical (unpaired) electrons. The molecule has 2 fully saturated rings. The molecule has 2 aliphatic rings. The van der Waals surface area contributed by atoms with Crippen LogP contribution in [0.3, 0.4) is 0 Å². The van der Waals surface area contributed by atoms with Crippen molar-refractivity contribution >= 4 is 21.7 Å². The summed E-state index contributed by atoms with van der Waals surface area (Å²) in [7, 11) is -3.09. The molecular weight excluding hydrogens is 268 g/mol. The van der Waals surface area contributed by atoms with Crippen LogP contribution in [0.15, 0.2) is 0 Å². The SMILES string of the molecule is CS(=O)(=O)CCC(=O)N1CCC2(CC1)CNC(=O)C2. The zero-order chi connectivity index (χ0) is 14.1. The zero-order valence-corrected chi connectivity index (χ0v) is 12.0. The van der Waals surface area contributed by atoms with Gasteiger partial charge in [-0.15, -0.1) is 0 Å². The van der Waals surface area contributed by atoms with Crippen LogP contribution in [-0.4, -0.2) is 56.8 Å². The number of nitrogens with zero attached hydrogens (tertiary/aromatic N) is 1. The van der Waals surface area contributed by atoms with Crippen molar-refractivity contribution in [3.8, 4) is 0 Å². The molecule has 1 spiro atoms. The van der Waals surface area contributed by atoms with E-state index in [0.29, 0.717) is 26.1 Å². The summed E-state index contributed by atoms with van der Waals surface area (Å²) < 4.78 is 22.1. The third kappa shape index (κ3) is 3.68. The fourth-order valence-corrected chi connectivity index (χ4v) is 3.31. The second-order valence-electron chi connectivity index (χ2n) is 5.71. The highest BCUT2D eigenvalue weighted by atomic mass is 32.2. The number of likely N-dealkylation sites (tertiary alicyclic amines) is 1. The molecule has 0 atom stereocenters. The number of piperidine rings is 1. The predicted octanol–water partition coefficient (Wildman–Crippen LogP) is -0.450. The molecule has 2 aliphatic heterocycles. The van der Waals surface area contributed by atoms with Crippen molar-refractivity contribution in [1.29, 1.82) is 0 Å². The minimum absolute atomic E-state index is 0.0185. The number of nitrogens with one attached hydrogen (secondary N) is 1. The monoisotopic (exact) mass is 288 g/mol. The van der Waals surface area contributed by atoms with Gasteiger partial charge in [0.05, 0.1) is 5.75 Å². The number of carbonyl (C=O) groups excluding carboxylic acids is 2. The summed E-state index contributed by atoms with van der Waals surface area (Å²) in [5, 5.41) is 2.85. The van der Waals surface area contributed by atoms with Gasteiger partial charge in [0.15, 0.2) is 0 Å². The first-order valence-corrected chi connectivity index (χ1v) is 8.58. The van der Waals surface area contributed by atoms with Gasteiger partial charge in [0.25, 0.3) is 0 Å². The highest BCUT2D eigenvalue weighted by Gasteiger charge is 2.41. The van der Waals surface area contributed by atoms with Gasteiger partial charge in [0.1, 0.15) is 9.84 Å². The smallest absolute Gasteiger partial charge is 0.223 e. The molecular formula is C12H20N2O4S. The summed E-state index contributed by atoms with van der Waals surface area (Å²) in [6.45, 7) is 1.95. The molecule has 6 nitrogen and oxygen atoms in total. The van der Waals surface area contributed by atoms with Crippen molar-refractivity contribution < 1.29 is 18.0 Å². The quantitative estimate of drug-likeness (QED) is 0.762. The molecule has 2 saturated heterocycles. The van der Waals surface area contributed by atoms with Gasteiger partial charge < -0.3 is 10.2 Å². The minimum atomic E-state index is -3.09. The summed E-state index contributed by atoms with van der Waals surface area (Å²) in [6, 6.07) is 0. The second-order valence-corrected chi connectivity index (χ2v) is 7.97. The molecule has 19 heavy (non-hydrogen) atoms. The van der Waals surface area contributed by atoms with Crippen LogP contribution in [0.4, 0.5) is 0 Å². The Bertz CT molecular complexity index is 478. The van der Waals surface area contributed by atoms with Crippen LogP contribution in [0.5, 0.6) is 0 Å². The lowest BCUT2D eigenvalue weighted by molar-refractivity contribution is -0.133. The molecule has 7 heteroatoms. The van der Waals surface area contributed by atoms with E-state index in [1.54, 1.807) is 4.90 Å². The second kappa shape index (κ2) is 5.11. The highest BCUT2D eigenvalue weighted by molar-refractivity contribution is 7.90. The van der Waals surface area contributed by atoms with Crippen molar-refractivity contribution in [2.75, 3.05) is 31.6 Å². The summed E-state index contributed by atoms with van der Waals surface area (Å²) >= 11 is 0. The Hall–Kier alpha value is -1.11. The Kier molecular flexibility index (Phi) is 3.85. The number of amides is 2.